The van der Waals surface area contributed by atoms with Gasteiger partial charge in [0, 0.05) is 5.39 Å². The first kappa shape index (κ1) is 21.6. The summed E-state index contributed by atoms with van der Waals surface area (Å²) in [6.45, 7) is 3.99. The van der Waals surface area contributed by atoms with E-state index in [9.17, 15) is 4.79 Å². The van der Waals surface area contributed by atoms with E-state index in [2.05, 4.69) is 27.5 Å². The van der Waals surface area contributed by atoms with Crippen LogP contribution in [0.25, 0.3) is 10.9 Å². The lowest BCUT2D eigenvalue weighted by Gasteiger charge is -2.24. The molecule has 3 aromatic carbocycles. The molecule has 1 heterocycles. The van der Waals surface area contributed by atoms with E-state index in [1.54, 1.807) is 6.92 Å². The summed E-state index contributed by atoms with van der Waals surface area (Å²) in [5, 5.41) is 2.16. The number of carbonyl (C=O) groups is 1. The molecule has 6 nitrogen and oxygen atoms in total. The number of benzene rings is 3. The van der Waals surface area contributed by atoms with Crippen molar-refractivity contribution < 1.29 is 9.53 Å². The summed E-state index contributed by atoms with van der Waals surface area (Å²) >= 11 is 6.19. The molecule has 0 aliphatic rings. The van der Waals surface area contributed by atoms with Crippen molar-refractivity contribution >= 4 is 40.1 Å². The fourth-order valence-corrected chi connectivity index (χ4v) is 3.55. The van der Waals surface area contributed by atoms with Crippen LogP contribution in [0.3, 0.4) is 0 Å². The highest BCUT2D eigenvalue weighted by molar-refractivity contribution is 6.28. The topological polar surface area (TPSA) is 67.3 Å². The Hall–Kier alpha value is -3.64. The summed E-state index contributed by atoms with van der Waals surface area (Å²) < 4.78 is 5.25. The van der Waals surface area contributed by atoms with Crippen molar-refractivity contribution in [2.24, 2.45) is 0 Å². The van der Waals surface area contributed by atoms with Crippen molar-refractivity contribution in [3.63, 3.8) is 0 Å². The van der Waals surface area contributed by atoms with Crippen molar-refractivity contribution in [1.29, 1.82) is 0 Å². The maximum absolute atomic E-state index is 12.7. The van der Waals surface area contributed by atoms with Gasteiger partial charge in [-0.3, -0.25) is 5.43 Å². The zero-order valence-corrected chi connectivity index (χ0v) is 18.6. The first-order chi connectivity index (χ1) is 15.5. The predicted octanol–water partition coefficient (Wildman–Crippen LogP) is 6.17. The second-order valence-electron chi connectivity index (χ2n) is 7.34. The van der Waals surface area contributed by atoms with Crippen LogP contribution in [0, 0.1) is 6.92 Å². The van der Waals surface area contributed by atoms with Gasteiger partial charge in [0.1, 0.15) is 0 Å². The SMILES string of the molecule is CCOC(=O)N(Nc1nc(Cl)nc2ccc(Cc3ccccc3)cc12)c1ccc(C)cc1. The quantitative estimate of drug-likeness (QED) is 0.283. The maximum atomic E-state index is 12.7. The molecular weight excluding hydrogens is 424 g/mol. The number of hydrogen-bond acceptors (Lipinski definition) is 5. The molecule has 162 valence electrons. The summed E-state index contributed by atoms with van der Waals surface area (Å²) in [5.41, 5.74) is 7.77. The number of hydrazine groups is 1. The smallest absolute Gasteiger partial charge is 0.433 e. The molecule has 0 bridgehead atoms. The molecule has 1 N–H and O–H groups in total. The molecule has 4 rings (SSSR count). The average Bonchev–Trinajstić information content (AvgIpc) is 2.79. The Kier molecular flexibility index (Phi) is 6.52. The molecule has 32 heavy (non-hydrogen) atoms. The molecule has 0 radical (unpaired) electrons. The number of rotatable bonds is 6. The van der Waals surface area contributed by atoms with Crippen LogP contribution in [-0.4, -0.2) is 22.7 Å². The second-order valence-corrected chi connectivity index (χ2v) is 7.67. The van der Waals surface area contributed by atoms with Crippen molar-refractivity contribution in [1.82, 2.24) is 9.97 Å². The number of amides is 1. The highest BCUT2D eigenvalue weighted by Crippen LogP contribution is 2.27. The largest absolute Gasteiger partial charge is 0.448 e. The highest BCUT2D eigenvalue weighted by atomic mass is 35.5. The second kappa shape index (κ2) is 9.66. The van der Waals surface area contributed by atoms with Crippen LogP contribution >= 0.6 is 11.6 Å². The van der Waals surface area contributed by atoms with Crippen LogP contribution in [0.2, 0.25) is 5.28 Å². The molecule has 0 aliphatic carbocycles. The first-order valence-electron chi connectivity index (χ1n) is 10.3. The molecule has 1 aromatic heterocycles. The normalized spacial score (nSPS) is 10.7. The van der Waals surface area contributed by atoms with Crippen molar-refractivity contribution in [3.05, 3.63) is 94.8 Å². The summed E-state index contributed by atoms with van der Waals surface area (Å²) in [5.74, 6) is 0.420. The van der Waals surface area contributed by atoms with Gasteiger partial charge in [0.25, 0.3) is 0 Å². The lowest BCUT2D eigenvalue weighted by Crippen LogP contribution is -2.37. The molecule has 0 saturated heterocycles. The first-order valence-corrected chi connectivity index (χ1v) is 10.7. The predicted molar refractivity (Wildman–Crippen MR) is 128 cm³/mol. The zero-order chi connectivity index (χ0) is 22.5. The van der Waals surface area contributed by atoms with Gasteiger partial charge in [-0.25, -0.2) is 9.78 Å². The molecule has 0 atom stereocenters. The average molecular weight is 447 g/mol. The third-order valence-electron chi connectivity index (χ3n) is 4.94. The Bertz CT molecular complexity index is 1230. The molecule has 0 aliphatic heterocycles. The number of anilines is 2. The van der Waals surface area contributed by atoms with Gasteiger partial charge in [-0.2, -0.15) is 9.99 Å². The molecule has 7 heteroatoms. The fraction of sp³-hybridized carbons (Fsp3) is 0.160. The van der Waals surface area contributed by atoms with Crippen LogP contribution in [-0.2, 0) is 11.2 Å². The van der Waals surface area contributed by atoms with Crippen LogP contribution in [0.5, 0.6) is 0 Å². The summed E-state index contributed by atoms with van der Waals surface area (Å²) in [4.78, 5) is 21.4. The van der Waals surface area contributed by atoms with E-state index >= 15 is 0 Å². The number of carbonyl (C=O) groups excluding carboxylic acids is 1. The summed E-state index contributed by atoms with van der Waals surface area (Å²) in [6, 6.07) is 23.7. The molecule has 0 spiro atoms. The highest BCUT2D eigenvalue weighted by Gasteiger charge is 2.20. The summed E-state index contributed by atoms with van der Waals surface area (Å²) in [7, 11) is 0. The van der Waals surface area contributed by atoms with E-state index in [1.807, 2.05) is 67.6 Å². The van der Waals surface area contributed by atoms with E-state index < -0.39 is 6.09 Å². The van der Waals surface area contributed by atoms with Crippen LogP contribution in [0.4, 0.5) is 16.3 Å². The van der Waals surface area contributed by atoms with Gasteiger partial charge >= 0.3 is 6.09 Å². The van der Waals surface area contributed by atoms with Gasteiger partial charge in [-0.05, 0) is 67.3 Å². The Balaban J connectivity index is 1.74. The number of fused-ring (bicyclic) bond motifs is 1. The standard InChI is InChI=1S/C25H23ClN4O2/c1-3-32-25(31)30(20-12-9-17(2)10-13-20)29-23-21-16-19(15-18-7-5-4-6-8-18)11-14-22(21)27-24(26)28-23/h4-14,16H,3,15H2,1-2H3,(H,27,28,29). The number of aromatic nitrogens is 2. The lowest BCUT2D eigenvalue weighted by molar-refractivity contribution is 0.161. The minimum absolute atomic E-state index is 0.0866. The van der Waals surface area contributed by atoms with E-state index in [0.29, 0.717) is 17.0 Å². The van der Waals surface area contributed by atoms with Crippen LogP contribution < -0.4 is 10.4 Å². The molecule has 0 saturated carbocycles. The van der Waals surface area contributed by atoms with Gasteiger partial charge in [-0.1, -0.05) is 54.1 Å². The monoisotopic (exact) mass is 446 g/mol. The van der Waals surface area contributed by atoms with Crippen LogP contribution in [0.1, 0.15) is 23.6 Å². The number of nitrogens with one attached hydrogen (secondary N) is 1. The van der Waals surface area contributed by atoms with Gasteiger partial charge in [0.05, 0.1) is 17.8 Å². The third kappa shape index (κ3) is 4.98. The Morgan fingerprint density at radius 2 is 1.75 bits per heavy atom. The molecule has 0 fully saturated rings. The molecule has 0 unspecified atom stereocenters. The number of nitrogens with zero attached hydrogens (tertiary/aromatic N) is 3. The van der Waals surface area contributed by atoms with Gasteiger partial charge in [0.2, 0.25) is 5.28 Å². The van der Waals surface area contributed by atoms with Gasteiger partial charge in [-0.15, -0.1) is 0 Å². The minimum atomic E-state index is -0.542. The van der Waals surface area contributed by atoms with Crippen molar-refractivity contribution in [2.45, 2.75) is 20.3 Å². The fourth-order valence-electron chi connectivity index (χ4n) is 3.38. The van der Waals surface area contributed by atoms with E-state index in [1.165, 1.54) is 10.6 Å². The number of aryl methyl sites for hydroxylation is 1. The van der Waals surface area contributed by atoms with Crippen molar-refractivity contribution in [3.8, 4) is 0 Å². The lowest BCUT2D eigenvalue weighted by atomic mass is 10.0. The van der Waals surface area contributed by atoms with E-state index in [0.717, 1.165) is 22.9 Å². The van der Waals surface area contributed by atoms with Gasteiger partial charge in [0.15, 0.2) is 5.82 Å². The van der Waals surface area contributed by atoms with Gasteiger partial charge < -0.3 is 4.74 Å². The number of halogens is 1. The Morgan fingerprint density at radius 1 is 1.00 bits per heavy atom. The maximum Gasteiger partial charge on any atom is 0.433 e. The Labute approximate surface area is 191 Å². The Morgan fingerprint density at radius 3 is 2.47 bits per heavy atom. The van der Waals surface area contributed by atoms with E-state index in [-0.39, 0.29) is 11.9 Å². The van der Waals surface area contributed by atoms with Crippen molar-refractivity contribution in [2.75, 3.05) is 17.0 Å². The zero-order valence-electron chi connectivity index (χ0n) is 17.9. The number of hydrogen-bond donors (Lipinski definition) is 1. The third-order valence-corrected chi connectivity index (χ3v) is 5.11. The summed E-state index contributed by atoms with van der Waals surface area (Å²) in [6.07, 6.45) is 0.220. The molecule has 4 aromatic rings. The number of ether oxygens (including phenoxy) is 1. The molecule has 1 amide bonds. The van der Waals surface area contributed by atoms with E-state index in [4.69, 9.17) is 16.3 Å². The molecular formula is C25H23ClN4O2. The van der Waals surface area contributed by atoms with Crippen LogP contribution in [0.15, 0.2) is 72.8 Å². The minimum Gasteiger partial charge on any atom is -0.448 e.